The van der Waals surface area contributed by atoms with Crippen LogP contribution in [-0.2, 0) is 141 Å². The molecule has 34 nitrogen and oxygen atoms in total. The van der Waals surface area contributed by atoms with Gasteiger partial charge in [-0.15, -0.1) is 0 Å². The Kier molecular flexibility index (Phi) is 19.4. The molecule has 0 saturated carbocycles. The van der Waals surface area contributed by atoms with Crippen LogP contribution in [0.3, 0.4) is 0 Å². The number of azo groups is 1. The van der Waals surface area contributed by atoms with Crippen molar-refractivity contribution in [3.05, 3.63) is 58.7 Å². The maximum atomic E-state index is 13.4. The maximum absolute atomic E-state index is 13.4. The molecular weight excluding hydrogens is 1200 g/mol. The van der Waals surface area contributed by atoms with Crippen LogP contribution in [0.1, 0.15) is 77.6 Å². The summed E-state index contributed by atoms with van der Waals surface area (Å²) in [7, 11) is 0. The predicted molar refractivity (Wildman–Crippen MR) is 289 cm³/mol. The standard InChI is InChI=1S/C56H70N6O28/c1-53(2)83-41-33(37(79-49(41)87-53)45(71)57-15-29(63)64)75-19-23-9-24(20-76-34-38(46(72)58-16-30(65)66)80-50-42(34)84-54(3,4)88-50)12-27(11-23)61-62-28-13-25(21-77-35-39(47(73)59-17-31(67)68)81-51-43(35)85-55(5,6)89-51)10-26(14-28)22-78-36-40(48(74)60-18-32(69)70)82-52-44(36)86-56(7,8)90-52/h9-14,33-44,49-52H,15-22H2,1-8H3,(H,57,71)(H,58,72)(H,59,73)(H,60,74)(H,63,64)(H,65,66)(H,67,68)(H,69,70)/t33-,34-,35-,36-,37-,38-,39-,40-,41+,42+,43+,44+,49+,50+,51+,52+/m0/s1. The molecule has 2 aromatic carbocycles. The molecule has 8 aliphatic heterocycles. The predicted octanol–water partition coefficient (Wildman–Crippen LogP) is -0.0484. The molecule has 8 heterocycles. The Morgan fingerprint density at radius 2 is 0.578 bits per heavy atom. The van der Waals surface area contributed by atoms with Crippen molar-refractivity contribution in [2.45, 2.75) is 203 Å². The number of carboxylic acid groups (broad SMARTS) is 4. The number of carboxylic acids is 4. The quantitative estimate of drug-likeness (QED) is 0.0573. The first kappa shape index (κ1) is 66.1. The van der Waals surface area contributed by atoms with Crippen molar-refractivity contribution in [2.24, 2.45) is 10.2 Å². The van der Waals surface area contributed by atoms with E-state index in [0.717, 1.165) is 0 Å². The molecule has 34 heteroatoms. The lowest BCUT2D eigenvalue weighted by Crippen LogP contribution is -2.46. The summed E-state index contributed by atoms with van der Waals surface area (Å²) in [5.41, 5.74) is 1.91. The SMILES string of the molecule is CC1(C)O[C@H]2O[C@H](C(=O)NCC(=O)O)[C@H](OCc3cc(CO[C@@H]4[C@H]5OC(C)(C)O[C@H]5O[C@@H]4C(=O)NCC(=O)O)cc(N=Nc4cc(CO[C@@H]5[C@H]6OC(C)(C)O[C@H]6O[C@@H]5C(=O)NCC(=O)O)cc(CO[C@@H]5[C@H]6OC(C)(C)O[C@H]6O[C@@H]5C(=O)NCC(=O)O)c4)c3)[C@H]2O1. The third kappa shape index (κ3) is 15.7. The van der Waals surface area contributed by atoms with E-state index in [9.17, 15) is 58.8 Å². The Morgan fingerprint density at radius 1 is 0.367 bits per heavy atom. The fraction of sp³-hybridized carbons (Fsp3) is 0.643. The van der Waals surface area contributed by atoms with Crippen molar-refractivity contribution in [1.82, 2.24) is 21.3 Å². The van der Waals surface area contributed by atoms with Gasteiger partial charge in [0.15, 0.2) is 72.7 Å². The van der Waals surface area contributed by atoms with Crippen LogP contribution in [0.2, 0.25) is 0 Å². The van der Waals surface area contributed by atoms with Gasteiger partial charge in [0.25, 0.3) is 23.6 Å². The second-order valence-electron chi connectivity index (χ2n) is 23.9. The summed E-state index contributed by atoms with van der Waals surface area (Å²) < 4.78 is 97.3. The van der Waals surface area contributed by atoms with Gasteiger partial charge in [-0.2, -0.15) is 10.2 Å². The Hall–Kier alpha value is -6.84. The molecule has 0 unspecified atom stereocenters. The van der Waals surface area contributed by atoms with Gasteiger partial charge in [-0.05, 0) is 102 Å². The molecule has 0 radical (unpaired) electrons. The molecule has 0 bridgehead atoms. The summed E-state index contributed by atoms with van der Waals surface area (Å²) >= 11 is 0. The lowest BCUT2D eigenvalue weighted by molar-refractivity contribution is -0.219. The van der Waals surface area contributed by atoms with E-state index >= 15 is 0 Å². The molecule has 8 N–H and O–H groups in total. The number of carbonyl (C=O) groups excluding carboxylic acids is 4. The van der Waals surface area contributed by atoms with Crippen molar-refractivity contribution in [3.63, 3.8) is 0 Å². The molecule has 10 rings (SSSR count). The highest BCUT2D eigenvalue weighted by atomic mass is 16.9. The number of carbonyl (C=O) groups is 8. The van der Waals surface area contributed by atoms with Gasteiger partial charge in [-0.1, -0.05) is 12.1 Å². The zero-order valence-corrected chi connectivity index (χ0v) is 49.8. The molecule has 8 fully saturated rings. The summed E-state index contributed by atoms with van der Waals surface area (Å²) in [5, 5.41) is 55.8. The highest BCUT2D eigenvalue weighted by molar-refractivity contribution is 5.87. The number of hydrogen-bond acceptors (Lipinski definition) is 26. The molecule has 0 spiro atoms. The van der Waals surface area contributed by atoms with Crippen LogP contribution in [0, 0.1) is 0 Å². The third-order valence-electron chi connectivity index (χ3n) is 14.8. The zero-order valence-electron chi connectivity index (χ0n) is 49.8. The highest BCUT2D eigenvalue weighted by Crippen LogP contribution is 2.44. The van der Waals surface area contributed by atoms with Crippen molar-refractivity contribution in [3.8, 4) is 0 Å². The average Bonchev–Trinajstić information content (AvgIpc) is 1.65. The van der Waals surface area contributed by atoms with Gasteiger partial charge < -0.3 is 117 Å². The monoisotopic (exact) mass is 1270 g/mol. The second kappa shape index (κ2) is 26.4. The van der Waals surface area contributed by atoms with Crippen LogP contribution in [0.4, 0.5) is 11.4 Å². The topological polar surface area (TPSA) is 438 Å². The van der Waals surface area contributed by atoms with Crippen molar-refractivity contribution < 1.29 is 135 Å². The number of nitrogens with zero attached hydrogens (tertiary/aromatic N) is 2. The fourth-order valence-corrected chi connectivity index (χ4v) is 11.4. The second-order valence-corrected chi connectivity index (χ2v) is 23.9. The minimum absolute atomic E-state index is 0.167. The van der Waals surface area contributed by atoms with E-state index in [1.165, 1.54) is 0 Å². The van der Waals surface area contributed by atoms with E-state index < -0.39 is 195 Å². The summed E-state index contributed by atoms with van der Waals surface area (Å²) in [5.74, 6) is -13.1. The van der Waals surface area contributed by atoms with Gasteiger partial charge in [0, 0.05) is 0 Å². The molecule has 90 heavy (non-hydrogen) atoms. The molecule has 8 saturated heterocycles. The Bertz CT molecular complexity index is 2730. The minimum Gasteiger partial charge on any atom is -0.480 e. The molecule has 4 amide bonds. The Morgan fingerprint density at radius 3 is 0.778 bits per heavy atom. The number of amides is 4. The van der Waals surface area contributed by atoms with Gasteiger partial charge in [0.1, 0.15) is 75.0 Å². The maximum Gasteiger partial charge on any atom is 0.322 e. The van der Waals surface area contributed by atoms with Gasteiger partial charge >= 0.3 is 23.9 Å². The van der Waals surface area contributed by atoms with Gasteiger partial charge in [0.05, 0.1) is 37.8 Å². The number of rotatable bonds is 26. The number of benzene rings is 2. The molecule has 0 aliphatic carbocycles. The summed E-state index contributed by atoms with van der Waals surface area (Å²) in [6.07, 6.45) is -18.4. The van der Waals surface area contributed by atoms with Gasteiger partial charge in [0.2, 0.25) is 0 Å². The Labute approximate surface area is 511 Å². The molecule has 0 aromatic heterocycles. The highest BCUT2D eigenvalue weighted by Gasteiger charge is 2.61. The summed E-state index contributed by atoms with van der Waals surface area (Å²) in [6.45, 7) is 9.10. The van der Waals surface area contributed by atoms with Gasteiger partial charge in [-0.25, -0.2) is 0 Å². The normalized spacial score (nSPS) is 32.8. The molecule has 492 valence electrons. The third-order valence-corrected chi connectivity index (χ3v) is 14.8. The number of nitrogens with one attached hydrogen (secondary N) is 4. The number of fused-ring (bicyclic) bond motifs is 4. The van der Waals surface area contributed by atoms with E-state index in [4.69, 9.17) is 75.8 Å². The first-order valence-corrected chi connectivity index (χ1v) is 28.5. The van der Waals surface area contributed by atoms with Crippen LogP contribution in [0.5, 0.6) is 0 Å². The van der Waals surface area contributed by atoms with E-state index in [-0.39, 0.29) is 37.8 Å². The van der Waals surface area contributed by atoms with Crippen LogP contribution in [-0.4, -0.2) is 216 Å². The minimum atomic E-state index is -1.39. The lowest BCUT2D eigenvalue weighted by Gasteiger charge is -2.26. The largest absolute Gasteiger partial charge is 0.480 e. The summed E-state index contributed by atoms with van der Waals surface area (Å²) in [4.78, 5) is 99.4. The lowest BCUT2D eigenvalue weighted by atomic mass is 10.1. The molecule has 8 aliphatic rings. The molecule has 16 atom stereocenters. The first-order chi connectivity index (χ1) is 42.4. The summed E-state index contributed by atoms with van der Waals surface area (Å²) in [6, 6.07) is 9.69. The molecule has 2 aromatic rings. The fourth-order valence-electron chi connectivity index (χ4n) is 11.4. The van der Waals surface area contributed by atoms with E-state index in [0.29, 0.717) is 22.3 Å². The average molecular weight is 1280 g/mol. The van der Waals surface area contributed by atoms with E-state index in [1.54, 1.807) is 91.8 Å². The Balaban J connectivity index is 0.974. The number of ether oxygens (including phenoxy) is 16. The van der Waals surface area contributed by atoms with Crippen molar-refractivity contribution in [1.29, 1.82) is 0 Å². The first-order valence-electron chi connectivity index (χ1n) is 28.5. The van der Waals surface area contributed by atoms with E-state index in [1.807, 2.05) is 0 Å². The van der Waals surface area contributed by atoms with Crippen molar-refractivity contribution >= 4 is 58.9 Å². The zero-order chi connectivity index (χ0) is 64.8. The number of aliphatic carboxylic acids is 4. The van der Waals surface area contributed by atoms with Crippen LogP contribution in [0.15, 0.2) is 46.6 Å². The number of hydrogen-bond donors (Lipinski definition) is 8. The van der Waals surface area contributed by atoms with Crippen LogP contribution in [0.25, 0.3) is 0 Å². The smallest absolute Gasteiger partial charge is 0.322 e. The van der Waals surface area contributed by atoms with Crippen LogP contribution >= 0.6 is 0 Å². The van der Waals surface area contributed by atoms with Crippen molar-refractivity contribution in [2.75, 3.05) is 26.2 Å². The molecular formula is C56H70N6O28. The van der Waals surface area contributed by atoms with Crippen LogP contribution < -0.4 is 21.3 Å². The van der Waals surface area contributed by atoms with E-state index in [2.05, 4.69) is 31.5 Å². The van der Waals surface area contributed by atoms with Gasteiger partial charge in [-0.3, -0.25) is 38.4 Å².